The smallest absolute Gasteiger partial charge is 0.280 e. The Morgan fingerprint density at radius 1 is 1.50 bits per heavy atom. The van der Waals surface area contributed by atoms with Crippen molar-refractivity contribution in [2.24, 2.45) is 0 Å². The standard InChI is InChI=1S/C6H7IN2O/c1-3-4(2)9-6(10)5(7)8-3/h1-2H3,(H,9,10). The van der Waals surface area contributed by atoms with Gasteiger partial charge >= 0.3 is 0 Å². The number of nitrogens with one attached hydrogen (secondary N) is 1. The van der Waals surface area contributed by atoms with E-state index >= 15 is 0 Å². The molecule has 0 aromatic carbocycles. The van der Waals surface area contributed by atoms with Crippen molar-refractivity contribution in [3.8, 4) is 0 Å². The third-order valence-corrected chi connectivity index (χ3v) is 2.03. The Balaban J connectivity index is 3.43. The molecule has 4 heteroatoms. The van der Waals surface area contributed by atoms with Crippen LogP contribution >= 0.6 is 22.6 Å². The fourth-order valence-corrected chi connectivity index (χ4v) is 1.09. The van der Waals surface area contributed by atoms with Crippen LogP contribution in [-0.4, -0.2) is 9.97 Å². The Bertz CT molecular complexity index is 305. The number of hydrogen-bond acceptors (Lipinski definition) is 2. The summed E-state index contributed by atoms with van der Waals surface area (Å²) in [6, 6.07) is 0. The van der Waals surface area contributed by atoms with Crippen molar-refractivity contribution in [3.05, 3.63) is 25.4 Å². The summed E-state index contributed by atoms with van der Waals surface area (Å²) in [4.78, 5) is 17.6. The second-order valence-electron chi connectivity index (χ2n) is 2.07. The molecule has 1 rings (SSSR count). The van der Waals surface area contributed by atoms with Crippen LogP contribution in [0, 0.1) is 17.5 Å². The molecule has 0 aliphatic heterocycles. The van der Waals surface area contributed by atoms with Crippen molar-refractivity contribution >= 4 is 22.6 Å². The molecule has 0 saturated heterocycles. The highest BCUT2D eigenvalue weighted by molar-refractivity contribution is 14.1. The molecule has 1 N–H and O–H groups in total. The van der Waals surface area contributed by atoms with E-state index in [0.29, 0.717) is 3.70 Å². The molecule has 0 atom stereocenters. The lowest BCUT2D eigenvalue weighted by molar-refractivity contribution is 0.985. The minimum absolute atomic E-state index is 0.108. The van der Waals surface area contributed by atoms with Crippen molar-refractivity contribution < 1.29 is 0 Å². The molecule has 0 aliphatic rings. The van der Waals surface area contributed by atoms with Crippen molar-refractivity contribution in [1.29, 1.82) is 0 Å². The lowest BCUT2D eigenvalue weighted by Crippen LogP contribution is -2.14. The maximum Gasteiger partial charge on any atom is 0.280 e. The third-order valence-electron chi connectivity index (χ3n) is 1.30. The minimum atomic E-state index is -0.108. The van der Waals surface area contributed by atoms with Crippen LogP contribution in [0.4, 0.5) is 0 Å². The predicted molar refractivity (Wildman–Crippen MR) is 47.0 cm³/mol. The number of hydrogen-bond donors (Lipinski definition) is 1. The van der Waals surface area contributed by atoms with Gasteiger partial charge in [0.1, 0.15) is 0 Å². The summed E-state index contributed by atoms with van der Waals surface area (Å²) in [6.45, 7) is 3.70. The molecule has 0 fully saturated rings. The zero-order chi connectivity index (χ0) is 7.72. The molecule has 1 aromatic rings. The van der Waals surface area contributed by atoms with E-state index in [0.717, 1.165) is 11.4 Å². The Labute approximate surface area is 72.0 Å². The van der Waals surface area contributed by atoms with E-state index in [4.69, 9.17) is 0 Å². The van der Waals surface area contributed by atoms with Gasteiger partial charge in [-0.3, -0.25) is 4.79 Å². The summed E-state index contributed by atoms with van der Waals surface area (Å²) in [6.07, 6.45) is 0. The molecule has 10 heavy (non-hydrogen) atoms. The number of aryl methyl sites for hydroxylation is 2. The SMILES string of the molecule is Cc1nc(I)c(=O)[nH]c1C. The van der Waals surface area contributed by atoms with Gasteiger partial charge in [-0.2, -0.15) is 0 Å². The molecule has 0 bridgehead atoms. The second kappa shape index (κ2) is 2.69. The Morgan fingerprint density at radius 2 is 2.10 bits per heavy atom. The number of H-pyrrole nitrogens is 1. The van der Waals surface area contributed by atoms with Crippen LogP contribution < -0.4 is 5.56 Å². The number of nitrogens with zero attached hydrogens (tertiary/aromatic N) is 1. The Kier molecular flexibility index (Phi) is 2.08. The first kappa shape index (κ1) is 7.71. The normalized spacial score (nSPS) is 9.90. The highest BCUT2D eigenvalue weighted by Gasteiger charge is 1.98. The minimum Gasteiger partial charge on any atom is -0.322 e. The third kappa shape index (κ3) is 1.36. The van der Waals surface area contributed by atoms with E-state index in [1.165, 1.54) is 0 Å². The average Bonchev–Trinajstić information content (AvgIpc) is 1.84. The summed E-state index contributed by atoms with van der Waals surface area (Å²) in [5, 5.41) is 0. The van der Waals surface area contributed by atoms with E-state index in [9.17, 15) is 4.79 Å². The first-order valence-electron chi connectivity index (χ1n) is 2.84. The van der Waals surface area contributed by atoms with Crippen LogP contribution in [0.3, 0.4) is 0 Å². The van der Waals surface area contributed by atoms with Gasteiger partial charge in [-0.05, 0) is 36.4 Å². The summed E-state index contributed by atoms with van der Waals surface area (Å²) in [5.41, 5.74) is 1.61. The maximum atomic E-state index is 10.9. The monoisotopic (exact) mass is 250 g/mol. The second-order valence-corrected chi connectivity index (χ2v) is 3.09. The van der Waals surface area contributed by atoms with E-state index < -0.39 is 0 Å². The number of halogens is 1. The predicted octanol–water partition coefficient (Wildman–Crippen LogP) is 0.991. The molecule has 3 nitrogen and oxygen atoms in total. The van der Waals surface area contributed by atoms with Crippen LogP contribution in [0.5, 0.6) is 0 Å². The fraction of sp³-hybridized carbons (Fsp3) is 0.333. The molecule has 0 amide bonds. The summed E-state index contributed by atoms with van der Waals surface area (Å²) in [5.74, 6) is 0. The Hall–Kier alpha value is -0.390. The van der Waals surface area contributed by atoms with Gasteiger partial charge in [0.05, 0.1) is 5.69 Å². The summed E-state index contributed by atoms with van der Waals surface area (Å²) < 4.78 is 0.501. The topological polar surface area (TPSA) is 45.8 Å². The molecule has 0 aliphatic carbocycles. The highest BCUT2D eigenvalue weighted by atomic mass is 127. The van der Waals surface area contributed by atoms with Crippen LogP contribution in [-0.2, 0) is 0 Å². The van der Waals surface area contributed by atoms with Crippen LogP contribution in [0.2, 0.25) is 0 Å². The number of aromatic amines is 1. The van der Waals surface area contributed by atoms with Gasteiger partial charge in [0, 0.05) is 5.69 Å². The molecule has 1 heterocycles. The molecule has 0 radical (unpaired) electrons. The van der Waals surface area contributed by atoms with Gasteiger partial charge in [-0.1, -0.05) is 0 Å². The van der Waals surface area contributed by atoms with Crippen molar-refractivity contribution in [3.63, 3.8) is 0 Å². The van der Waals surface area contributed by atoms with Crippen molar-refractivity contribution in [2.45, 2.75) is 13.8 Å². The molecule has 0 saturated carbocycles. The van der Waals surface area contributed by atoms with Gasteiger partial charge in [-0.15, -0.1) is 0 Å². The molecule has 0 unspecified atom stereocenters. The van der Waals surface area contributed by atoms with Gasteiger partial charge in [-0.25, -0.2) is 4.98 Å². The first-order chi connectivity index (χ1) is 4.61. The van der Waals surface area contributed by atoms with E-state index in [-0.39, 0.29) is 5.56 Å². The van der Waals surface area contributed by atoms with Crippen LogP contribution in [0.15, 0.2) is 4.79 Å². The van der Waals surface area contributed by atoms with Crippen LogP contribution in [0.1, 0.15) is 11.4 Å². The number of aromatic nitrogens is 2. The van der Waals surface area contributed by atoms with Gasteiger partial charge in [0.15, 0.2) is 3.70 Å². The molecule has 54 valence electrons. The molecule has 0 spiro atoms. The maximum absolute atomic E-state index is 10.9. The number of rotatable bonds is 0. The largest absolute Gasteiger partial charge is 0.322 e. The van der Waals surface area contributed by atoms with Crippen molar-refractivity contribution in [2.75, 3.05) is 0 Å². The fourth-order valence-electron chi connectivity index (χ4n) is 0.594. The highest BCUT2D eigenvalue weighted by Crippen LogP contribution is 1.97. The van der Waals surface area contributed by atoms with Gasteiger partial charge in [0.25, 0.3) is 5.56 Å². The molecular formula is C6H7IN2O. The van der Waals surface area contributed by atoms with E-state index in [2.05, 4.69) is 9.97 Å². The Morgan fingerprint density at radius 3 is 2.60 bits per heavy atom. The zero-order valence-corrected chi connectivity index (χ0v) is 7.89. The molecule has 1 aromatic heterocycles. The van der Waals surface area contributed by atoms with Gasteiger partial charge in [0.2, 0.25) is 0 Å². The molecular weight excluding hydrogens is 243 g/mol. The van der Waals surface area contributed by atoms with Gasteiger partial charge < -0.3 is 4.98 Å². The lowest BCUT2D eigenvalue weighted by atomic mass is 10.4. The van der Waals surface area contributed by atoms with E-state index in [1.54, 1.807) is 0 Å². The average molecular weight is 250 g/mol. The first-order valence-corrected chi connectivity index (χ1v) is 3.92. The summed E-state index contributed by atoms with van der Waals surface area (Å²) in [7, 11) is 0. The summed E-state index contributed by atoms with van der Waals surface area (Å²) >= 11 is 1.91. The van der Waals surface area contributed by atoms with E-state index in [1.807, 2.05) is 36.4 Å². The lowest BCUT2D eigenvalue weighted by Gasteiger charge is -1.96. The quantitative estimate of drug-likeness (QED) is 0.698. The zero-order valence-electron chi connectivity index (χ0n) is 5.73. The van der Waals surface area contributed by atoms with Crippen LogP contribution in [0.25, 0.3) is 0 Å². The van der Waals surface area contributed by atoms with Crippen molar-refractivity contribution in [1.82, 2.24) is 9.97 Å².